The maximum Gasteiger partial charge on any atom is 0.407 e. The minimum Gasteiger partial charge on any atom is -0.444 e. The van der Waals surface area contributed by atoms with E-state index in [4.69, 9.17) is 10.5 Å². The summed E-state index contributed by atoms with van der Waals surface area (Å²) in [6.07, 6.45) is -0.0427. The van der Waals surface area contributed by atoms with E-state index in [-0.39, 0.29) is 36.9 Å². The number of aromatic nitrogens is 2. The van der Waals surface area contributed by atoms with Crippen LogP contribution in [-0.4, -0.2) is 59.1 Å². The number of carbonyl (C=O) groups excluding carboxylic acids is 1. The summed E-state index contributed by atoms with van der Waals surface area (Å²) < 4.78 is 34.1. The van der Waals surface area contributed by atoms with E-state index in [1.54, 1.807) is 23.8 Å². The number of hydrogen-bond acceptors (Lipinski definition) is 8. The number of alkyl carbamates (subject to hydrolysis) is 1. The highest BCUT2D eigenvalue weighted by atomic mass is 32.2. The largest absolute Gasteiger partial charge is 0.444 e. The number of H-pyrrole nitrogens is 1. The molecule has 10 nitrogen and oxygen atoms in total. The smallest absolute Gasteiger partial charge is 0.407 e. The van der Waals surface area contributed by atoms with Gasteiger partial charge in [-0.15, -0.1) is 11.3 Å². The lowest BCUT2D eigenvalue weighted by molar-refractivity contribution is 0.0876. The summed E-state index contributed by atoms with van der Waals surface area (Å²) in [4.78, 5) is 20.4. The molecule has 2 aromatic heterocycles. The maximum absolute atomic E-state index is 13.7. The first-order valence-electron chi connectivity index (χ1n) is 12.5. The molecule has 0 bridgehead atoms. The Morgan fingerprint density at radius 2 is 1.95 bits per heavy atom. The normalized spacial score (nSPS) is 13.6. The number of nitrogens with zero attached hydrogens (tertiary/aromatic N) is 2. The first kappa shape index (κ1) is 28.6. The van der Waals surface area contributed by atoms with E-state index >= 15 is 0 Å². The number of nitrogen functional groups attached to an aromatic ring is 1. The van der Waals surface area contributed by atoms with Crippen molar-refractivity contribution >= 4 is 44.2 Å². The molecule has 4 rings (SSSR count). The number of benzene rings is 2. The Hall–Kier alpha value is -3.45. The molecule has 1 amide bonds. The second-order valence-electron chi connectivity index (χ2n) is 9.74. The third-order valence-electron chi connectivity index (χ3n) is 6.11. The van der Waals surface area contributed by atoms with Crippen LogP contribution < -0.4 is 11.1 Å². The van der Waals surface area contributed by atoms with Gasteiger partial charge in [0.15, 0.2) is 0 Å². The predicted octanol–water partition coefficient (Wildman–Crippen LogP) is 3.75. The molecule has 5 N–H and O–H groups in total. The fourth-order valence-corrected chi connectivity index (χ4v) is 6.40. The molecule has 0 fully saturated rings. The zero-order valence-corrected chi connectivity index (χ0v) is 23.4. The van der Waals surface area contributed by atoms with Crippen LogP contribution in [0.2, 0.25) is 0 Å². The average Bonchev–Trinajstić information content (AvgIpc) is 3.55. The van der Waals surface area contributed by atoms with E-state index in [0.717, 1.165) is 15.8 Å². The van der Waals surface area contributed by atoms with E-state index in [1.165, 1.54) is 27.8 Å². The van der Waals surface area contributed by atoms with Crippen LogP contribution in [0.5, 0.6) is 0 Å². The Morgan fingerprint density at radius 1 is 1.18 bits per heavy atom. The van der Waals surface area contributed by atoms with Crippen molar-refractivity contribution in [2.45, 2.75) is 43.9 Å². The number of thiazole rings is 1. The molecule has 0 aliphatic rings. The fourth-order valence-electron chi connectivity index (χ4n) is 4.25. The van der Waals surface area contributed by atoms with Crippen molar-refractivity contribution in [3.8, 4) is 0 Å². The zero-order valence-electron chi connectivity index (χ0n) is 21.8. The van der Waals surface area contributed by atoms with E-state index < -0.39 is 28.3 Å². The molecule has 0 aliphatic carbocycles. The minimum atomic E-state index is -3.99. The number of amides is 1. The number of aliphatic hydroxyl groups excluding tert-OH is 1. The van der Waals surface area contributed by atoms with Crippen LogP contribution >= 0.6 is 11.3 Å². The number of ether oxygens (including phenoxy) is 1. The van der Waals surface area contributed by atoms with Crippen LogP contribution in [0.1, 0.15) is 24.3 Å². The Kier molecular flexibility index (Phi) is 9.23. The van der Waals surface area contributed by atoms with E-state index in [1.807, 2.05) is 44.2 Å². The highest BCUT2D eigenvalue weighted by molar-refractivity contribution is 7.89. The number of nitrogens with one attached hydrogen (secondary N) is 2. The monoisotopic (exact) mass is 571 g/mol. The number of anilines is 1. The second-order valence-corrected chi connectivity index (χ2v) is 12.7. The maximum atomic E-state index is 13.7. The van der Waals surface area contributed by atoms with Crippen molar-refractivity contribution in [1.29, 1.82) is 0 Å². The number of sulfonamides is 1. The first-order chi connectivity index (χ1) is 18.6. The van der Waals surface area contributed by atoms with Gasteiger partial charge in [-0.1, -0.05) is 50.2 Å². The van der Waals surface area contributed by atoms with Crippen molar-refractivity contribution in [1.82, 2.24) is 19.6 Å². The number of fused-ring (bicyclic) bond motifs is 1. The van der Waals surface area contributed by atoms with Gasteiger partial charge in [0.2, 0.25) is 10.0 Å². The van der Waals surface area contributed by atoms with Gasteiger partial charge in [0.25, 0.3) is 0 Å². The van der Waals surface area contributed by atoms with Gasteiger partial charge in [-0.3, -0.25) is 4.98 Å². The molecule has 12 heteroatoms. The number of aliphatic hydroxyl groups is 1. The third kappa shape index (κ3) is 7.57. The third-order valence-corrected chi connectivity index (χ3v) is 8.69. The highest BCUT2D eigenvalue weighted by Crippen LogP contribution is 2.24. The summed E-state index contributed by atoms with van der Waals surface area (Å²) in [5, 5.41) is 14.9. The van der Waals surface area contributed by atoms with Gasteiger partial charge in [0.05, 0.1) is 27.4 Å². The van der Waals surface area contributed by atoms with Crippen molar-refractivity contribution < 1.29 is 23.1 Å². The lowest BCUT2D eigenvalue weighted by atomic mass is 10.0. The second kappa shape index (κ2) is 12.6. The SMILES string of the molecule is CC(C)CN(C[C@@H](O)[C@@H](Cc1ccccc1)NC(=O)OCc1cncs1)S(=O)(=O)c1ccc2cc(N)[nH]c2c1. The Bertz CT molecular complexity index is 1470. The molecule has 39 heavy (non-hydrogen) atoms. The van der Waals surface area contributed by atoms with Crippen molar-refractivity contribution in [3.63, 3.8) is 0 Å². The number of rotatable bonds is 12. The van der Waals surface area contributed by atoms with Gasteiger partial charge in [-0.2, -0.15) is 4.31 Å². The van der Waals surface area contributed by atoms with Gasteiger partial charge < -0.3 is 25.9 Å². The number of aromatic amines is 1. The molecule has 0 saturated heterocycles. The molecular weight excluding hydrogens is 538 g/mol. The quantitative estimate of drug-likeness (QED) is 0.202. The molecule has 2 atom stereocenters. The van der Waals surface area contributed by atoms with Gasteiger partial charge in [0.1, 0.15) is 12.4 Å². The molecule has 0 radical (unpaired) electrons. The summed E-state index contributed by atoms with van der Waals surface area (Å²) >= 11 is 1.36. The molecule has 2 heterocycles. The van der Waals surface area contributed by atoms with Gasteiger partial charge >= 0.3 is 6.09 Å². The van der Waals surface area contributed by atoms with Crippen molar-refractivity contribution in [2.24, 2.45) is 5.92 Å². The summed E-state index contributed by atoms with van der Waals surface area (Å²) in [7, 11) is -3.99. The molecule has 2 aromatic carbocycles. The highest BCUT2D eigenvalue weighted by Gasteiger charge is 2.32. The molecule has 0 spiro atoms. The average molecular weight is 572 g/mol. The lowest BCUT2D eigenvalue weighted by Gasteiger charge is -2.30. The fraction of sp³-hybridized carbons (Fsp3) is 0.333. The number of carbonyl (C=O) groups is 1. The number of hydrogen-bond donors (Lipinski definition) is 4. The zero-order chi connectivity index (χ0) is 28.0. The summed E-state index contributed by atoms with van der Waals surface area (Å²) in [5.74, 6) is 0.424. The lowest BCUT2D eigenvalue weighted by Crippen LogP contribution is -2.51. The first-order valence-corrected chi connectivity index (χ1v) is 14.8. The minimum absolute atomic E-state index is 0.0123. The van der Waals surface area contributed by atoms with Gasteiger partial charge in [-0.25, -0.2) is 13.2 Å². The molecule has 0 aliphatic heterocycles. The molecular formula is C27H33N5O5S2. The van der Waals surface area contributed by atoms with Crippen molar-refractivity contribution in [2.75, 3.05) is 18.8 Å². The van der Waals surface area contributed by atoms with E-state index in [0.29, 0.717) is 11.3 Å². The molecule has 4 aromatic rings. The molecule has 0 saturated carbocycles. The Morgan fingerprint density at radius 3 is 2.64 bits per heavy atom. The van der Waals surface area contributed by atoms with Crippen LogP contribution in [0.3, 0.4) is 0 Å². The van der Waals surface area contributed by atoms with E-state index in [2.05, 4.69) is 15.3 Å². The van der Waals surface area contributed by atoms with Crippen LogP contribution in [0.4, 0.5) is 10.6 Å². The van der Waals surface area contributed by atoms with Crippen LogP contribution in [0.25, 0.3) is 10.9 Å². The van der Waals surface area contributed by atoms with Crippen LogP contribution in [-0.2, 0) is 27.8 Å². The summed E-state index contributed by atoms with van der Waals surface area (Å²) in [6.45, 7) is 3.81. The summed E-state index contributed by atoms with van der Waals surface area (Å²) in [5.41, 5.74) is 8.95. The van der Waals surface area contributed by atoms with Crippen LogP contribution in [0.15, 0.2) is 71.2 Å². The van der Waals surface area contributed by atoms with Gasteiger partial charge in [0, 0.05) is 30.2 Å². The van der Waals surface area contributed by atoms with Gasteiger partial charge in [-0.05, 0) is 36.1 Å². The van der Waals surface area contributed by atoms with E-state index in [9.17, 15) is 18.3 Å². The topological polar surface area (TPSA) is 151 Å². The predicted molar refractivity (Wildman–Crippen MR) is 152 cm³/mol. The Balaban J connectivity index is 1.55. The van der Waals surface area contributed by atoms with Crippen molar-refractivity contribution in [3.05, 3.63) is 76.7 Å². The number of nitrogens with two attached hydrogens (primary N) is 1. The summed E-state index contributed by atoms with van der Waals surface area (Å²) in [6, 6.07) is 15.0. The standard InChI is InChI=1S/C27H33N5O5S2/c1-18(2)14-32(39(35,36)22-9-8-20-11-26(28)30-23(20)12-22)15-25(33)24(10-19-6-4-3-5-7-19)31-27(34)37-16-21-13-29-17-38-21/h3-9,11-13,17-18,24-25,30,33H,10,14-16,28H2,1-2H3,(H,31,34)/t24-,25-/m1/s1. The van der Waals surface area contributed by atoms with Crippen LogP contribution in [0, 0.1) is 5.92 Å². The molecule has 0 unspecified atom stereocenters. The Labute approximate surface area is 231 Å². The molecule has 208 valence electrons.